The maximum Gasteiger partial charge on any atom is 0.243 e. The van der Waals surface area contributed by atoms with E-state index in [9.17, 15) is 14.0 Å². The van der Waals surface area contributed by atoms with E-state index >= 15 is 0 Å². The van der Waals surface area contributed by atoms with Crippen molar-refractivity contribution in [3.8, 4) is 5.75 Å². The number of hydrogen-bond acceptors (Lipinski definition) is 3. The predicted molar refractivity (Wildman–Crippen MR) is 135 cm³/mol. The van der Waals surface area contributed by atoms with Gasteiger partial charge in [-0.1, -0.05) is 54.6 Å². The van der Waals surface area contributed by atoms with Gasteiger partial charge >= 0.3 is 0 Å². The van der Waals surface area contributed by atoms with Gasteiger partial charge in [-0.2, -0.15) is 0 Å². The summed E-state index contributed by atoms with van der Waals surface area (Å²) in [5.41, 5.74) is 2.01. The lowest BCUT2D eigenvalue weighted by Crippen LogP contribution is -2.54. The van der Waals surface area contributed by atoms with Crippen molar-refractivity contribution < 1.29 is 18.7 Å². The maximum atomic E-state index is 13.7. The first-order valence-electron chi connectivity index (χ1n) is 11.7. The Balaban J connectivity index is 1.99. The quantitative estimate of drug-likeness (QED) is 0.476. The number of methoxy groups -OCH3 is 1. The Morgan fingerprint density at radius 3 is 2.20 bits per heavy atom. The molecule has 3 rings (SSSR count). The maximum absolute atomic E-state index is 13.7. The number of rotatable bonds is 9. The van der Waals surface area contributed by atoms with Gasteiger partial charge in [-0.15, -0.1) is 0 Å². The Hall–Kier alpha value is -3.67. The van der Waals surface area contributed by atoms with Gasteiger partial charge in [-0.3, -0.25) is 9.59 Å². The Labute approximate surface area is 206 Å². The van der Waals surface area contributed by atoms with E-state index in [1.54, 1.807) is 24.1 Å². The number of ether oxygens (including phenoxy) is 1. The van der Waals surface area contributed by atoms with Crippen LogP contribution < -0.4 is 10.1 Å². The third-order valence-corrected chi connectivity index (χ3v) is 5.52. The normalized spacial score (nSPS) is 12.0. The molecule has 3 aromatic rings. The Bertz CT molecular complexity index is 1120. The van der Waals surface area contributed by atoms with Crippen LogP contribution in [0, 0.1) is 5.82 Å². The molecule has 1 atom stereocenters. The fourth-order valence-electron chi connectivity index (χ4n) is 3.85. The lowest BCUT2D eigenvalue weighted by molar-refractivity contribution is -0.141. The van der Waals surface area contributed by atoms with Crippen LogP contribution in [-0.2, 0) is 29.0 Å². The molecule has 35 heavy (non-hydrogen) atoms. The highest BCUT2D eigenvalue weighted by Gasteiger charge is 2.32. The Morgan fingerprint density at radius 1 is 0.914 bits per heavy atom. The van der Waals surface area contributed by atoms with Gasteiger partial charge in [-0.05, 0) is 61.7 Å². The summed E-state index contributed by atoms with van der Waals surface area (Å²) in [7, 11) is 1.59. The lowest BCUT2D eigenvalue weighted by atomic mass is 9.99. The number of nitrogens with one attached hydrogen (secondary N) is 1. The molecule has 0 saturated carbocycles. The Kier molecular flexibility index (Phi) is 8.63. The van der Waals surface area contributed by atoms with Crippen molar-refractivity contribution in [2.75, 3.05) is 7.11 Å². The molecule has 1 N–H and O–H groups in total. The molecular weight excluding hydrogens is 443 g/mol. The van der Waals surface area contributed by atoms with Gasteiger partial charge in [-0.25, -0.2) is 4.39 Å². The van der Waals surface area contributed by atoms with Crippen LogP contribution in [0.4, 0.5) is 4.39 Å². The summed E-state index contributed by atoms with van der Waals surface area (Å²) in [5.74, 6) is -0.130. The van der Waals surface area contributed by atoms with E-state index in [4.69, 9.17) is 4.74 Å². The predicted octanol–water partition coefficient (Wildman–Crippen LogP) is 4.93. The zero-order valence-corrected chi connectivity index (χ0v) is 20.8. The minimum atomic E-state index is -0.740. The first-order valence-corrected chi connectivity index (χ1v) is 11.7. The molecule has 0 spiro atoms. The molecule has 0 aliphatic rings. The largest absolute Gasteiger partial charge is 0.497 e. The fourth-order valence-corrected chi connectivity index (χ4v) is 3.85. The molecule has 0 bridgehead atoms. The second kappa shape index (κ2) is 11.6. The van der Waals surface area contributed by atoms with Crippen LogP contribution in [0.15, 0.2) is 78.9 Å². The first kappa shape index (κ1) is 25.9. The minimum Gasteiger partial charge on any atom is -0.497 e. The minimum absolute atomic E-state index is 0.0539. The standard InChI is InChI=1S/C29H33FN2O3/c1-29(2,3)31-28(34)26(18-21-9-6-5-7-10-21)32(20-23-11-8-12-25(17-23)35-4)27(33)19-22-13-15-24(30)16-14-22/h5-17,26H,18-20H2,1-4H3,(H,31,34)/t26-/m0/s1. The van der Waals surface area contributed by atoms with Crippen LogP contribution in [0.3, 0.4) is 0 Å². The van der Waals surface area contributed by atoms with E-state index in [0.29, 0.717) is 17.7 Å². The van der Waals surface area contributed by atoms with Crippen LogP contribution in [-0.4, -0.2) is 35.4 Å². The molecule has 0 aromatic heterocycles. The molecule has 6 heteroatoms. The third-order valence-electron chi connectivity index (χ3n) is 5.52. The third kappa shape index (κ3) is 7.95. The molecule has 0 aliphatic heterocycles. The van der Waals surface area contributed by atoms with Crippen molar-refractivity contribution in [2.24, 2.45) is 0 Å². The summed E-state index contributed by atoms with van der Waals surface area (Å²) in [4.78, 5) is 28.8. The highest BCUT2D eigenvalue weighted by molar-refractivity contribution is 5.89. The average molecular weight is 477 g/mol. The summed E-state index contributed by atoms with van der Waals surface area (Å²) in [5, 5.41) is 3.05. The van der Waals surface area contributed by atoms with Crippen LogP contribution in [0.1, 0.15) is 37.5 Å². The van der Waals surface area contributed by atoms with Crippen molar-refractivity contribution in [3.05, 3.63) is 101 Å². The number of hydrogen-bond donors (Lipinski definition) is 1. The van der Waals surface area contributed by atoms with Crippen molar-refractivity contribution >= 4 is 11.8 Å². The van der Waals surface area contributed by atoms with Crippen molar-refractivity contribution in [3.63, 3.8) is 0 Å². The molecule has 0 saturated heterocycles. The van der Waals surface area contributed by atoms with E-state index in [2.05, 4.69) is 5.32 Å². The van der Waals surface area contributed by atoms with Crippen molar-refractivity contribution in [1.29, 1.82) is 0 Å². The van der Waals surface area contributed by atoms with Gasteiger partial charge in [0.05, 0.1) is 13.5 Å². The van der Waals surface area contributed by atoms with Crippen LogP contribution in [0.25, 0.3) is 0 Å². The van der Waals surface area contributed by atoms with Crippen molar-refractivity contribution in [2.45, 2.75) is 51.7 Å². The number of halogens is 1. The summed E-state index contributed by atoms with van der Waals surface area (Å²) in [6.07, 6.45) is 0.417. The summed E-state index contributed by atoms with van der Waals surface area (Å²) < 4.78 is 18.8. The van der Waals surface area contributed by atoms with Gasteiger partial charge < -0.3 is 15.0 Å². The number of nitrogens with zero attached hydrogens (tertiary/aromatic N) is 1. The van der Waals surface area contributed by atoms with Gasteiger partial charge in [0.1, 0.15) is 17.6 Å². The van der Waals surface area contributed by atoms with E-state index < -0.39 is 11.6 Å². The van der Waals surface area contributed by atoms with E-state index in [-0.39, 0.29) is 30.6 Å². The Morgan fingerprint density at radius 2 is 1.57 bits per heavy atom. The second-order valence-electron chi connectivity index (χ2n) is 9.62. The number of amides is 2. The molecule has 0 aliphatic carbocycles. The van der Waals surface area contributed by atoms with Crippen LogP contribution in [0.2, 0.25) is 0 Å². The molecule has 5 nitrogen and oxygen atoms in total. The van der Waals surface area contributed by atoms with Crippen LogP contribution >= 0.6 is 0 Å². The number of carbonyl (C=O) groups is 2. The van der Waals surface area contributed by atoms with Gasteiger partial charge in [0, 0.05) is 18.5 Å². The molecule has 0 heterocycles. The second-order valence-corrected chi connectivity index (χ2v) is 9.62. The van der Waals surface area contributed by atoms with Gasteiger partial charge in [0.25, 0.3) is 0 Å². The molecule has 0 unspecified atom stereocenters. The highest BCUT2D eigenvalue weighted by atomic mass is 19.1. The fraction of sp³-hybridized carbons (Fsp3) is 0.310. The first-order chi connectivity index (χ1) is 16.6. The number of benzene rings is 3. The lowest BCUT2D eigenvalue weighted by Gasteiger charge is -2.34. The highest BCUT2D eigenvalue weighted by Crippen LogP contribution is 2.20. The zero-order valence-electron chi connectivity index (χ0n) is 20.8. The molecule has 0 fully saturated rings. The summed E-state index contributed by atoms with van der Waals surface area (Å²) in [6, 6.07) is 22.2. The monoisotopic (exact) mass is 476 g/mol. The van der Waals surface area contributed by atoms with E-state index in [0.717, 1.165) is 11.1 Å². The number of carbonyl (C=O) groups excluding carboxylic acids is 2. The van der Waals surface area contributed by atoms with E-state index in [1.165, 1.54) is 12.1 Å². The smallest absolute Gasteiger partial charge is 0.243 e. The van der Waals surface area contributed by atoms with Crippen LogP contribution in [0.5, 0.6) is 5.75 Å². The molecular formula is C29H33FN2O3. The zero-order chi connectivity index (χ0) is 25.4. The van der Waals surface area contributed by atoms with Gasteiger partial charge in [0.15, 0.2) is 0 Å². The molecule has 2 amide bonds. The summed E-state index contributed by atoms with van der Waals surface area (Å²) in [6.45, 7) is 5.97. The van der Waals surface area contributed by atoms with E-state index in [1.807, 2.05) is 75.4 Å². The molecule has 3 aromatic carbocycles. The average Bonchev–Trinajstić information content (AvgIpc) is 2.82. The summed E-state index contributed by atoms with van der Waals surface area (Å²) >= 11 is 0. The van der Waals surface area contributed by atoms with Crippen molar-refractivity contribution in [1.82, 2.24) is 10.2 Å². The molecule has 0 radical (unpaired) electrons. The SMILES string of the molecule is COc1cccc(CN(C(=O)Cc2ccc(F)cc2)[C@@H](Cc2ccccc2)C(=O)NC(C)(C)C)c1. The van der Waals surface area contributed by atoms with Gasteiger partial charge in [0.2, 0.25) is 11.8 Å². The molecule has 184 valence electrons. The topological polar surface area (TPSA) is 58.6 Å².